The van der Waals surface area contributed by atoms with Crippen LogP contribution in [0.25, 0.3) is 20.5 Å². The summed E-state index contributed by atoms with van der Waals surface area (Å²) in [6, 6.07) is 17.8. The summed E-state index contributed by atoms with van der Waals surface area (Å²) in [5.41, 5.74) is 2.79. The van der Waals surface area contributed by atoms with Crippen LogP contribution in [0, 0.1) is 6.92 Å². The third-order valence-electron chi connectivity index (χ3n) is 6.24. The molecule has 0 saturated carbocycles. The van der Waals surface area contributed by atoms with Gasteiger partial charge in [0.1, 0.15) is 23.4 Å². The average Bonchev–Trinajstić information content (AvgIpc) is 3.18. The van der Waals surface area contributed by atoms with Crippen molar-refractivity contribution in [1.29, 1.82) is 0 Å². The molecule has 0 unspecified atom stereocenters. The lowest BCUT2D eigenvalue weighted by Gasteiger charge is -2.38. The van der Waals surface area contributed by atoms with E-state index in [0.717, 1.165) is 57.9 Å². The zero-order valence-corrected chi connectivity index (χ0v) is 21.3. The molecule has 3 aromatic carbocycles. The Hall–Kier alpha value is -3.06. The van der Waals surface area contributed by atoms with Crippen LogP contribution < -0.4 is 4.74 Å². The van der Waals surface area contributed by atoms with Crippen LogP contribution >= 0.6 is 23.7 Å². The van der Waals surface area contributed by atoms with Gasteiger partial charge in [-0.2, -0.15) is 0 Å². The number of phenolic OH excluding ortho intramolecular Hbond substituents is 2. The molecule has 4 aromatic rings. The molecule has 1 aliphatic rings. The molecule has 5 nitrogen and oxygen atoms in total. The summed E-state index contributed by atoms with van der Waals surface area (Å²) >= 11 is 1.46. The number of nitrogens with zero attached hydrogens (tertiary/aromatic N) is 1. The van der Waals surface area contributed by atoms with Crippen molar-refractivity contribution < 1.29 is 19.7 Å². The first-order chi connectivity index (χ1) is 16.4. The minimum Gasteiger partial charge on any atom is -0.508 e. The summed E-state index contributed by atoms with van der Waals surface area (Å²) in [5, 5.41) is 20.8. The van der Waals surface area contributed by atoms with Crippen molar-refractivity contribution in [2.24, 2.45) is 0 Å². The first kappa shape index (κ1) is 25.0. The number of fused-ring (bicyclic) bond motifs is 1. The number of aromatic hydroxyl groups is 2. The van der Waals surface area contributed by atoms with Crippen LogP contribution in [0.5, 0.6) is 17.2 Å². The number of likely N-dealkylation sites (tertiary alicyclic amines) is 1. The topological polar surface area (TPSA) is 70.0 Å². The van der Waals surface area contributed by atoms with Crippen molar-refractivity contribution in [2.75, 3.05) is 19.6 Å². The van der Waals surface area contributed by atoms with Crippen LogP contribution in [-0.4, -0.2) is 46.6 Å². The fraction of sp³-hybridized carbons (Fsp3) is 0.250. The Labute approximate surface area is 215 Å². The maximum absolute atomic E-state index is 13.7. The molecule has 1 aliphatic heterocycles. The molecule has 2 heterocycles. The number of benzene rings is 3. The van der Waals surface area contributed by atoms with E-state index in [1.54, 1.807) is 24.3 Å². The van der Waals surface area contributed by atoms with E-state index in [0.29, 0.717) is 11.1 Å². The van der Waals surface area contributed by atoms with Gasteiger partial charge in [-0.05, 0) is 91.7 Å². The van der Waals surface area contributed by atoms with Gasteiger partial charge in [0.05, 0.1) is 0 Å². The van der Waals surface area contributed by atoms with Crippen molar-refractivity contribution in [2.45, 2.75) is 26.4 Å². The number of aryl methyl sites for hydroxylation is 1. The third kappa shape index (κ3) is 5.01. The molecule has 0 spiro atoms. The lowest BCUT2D eigenvalue weighted by Crippen LogP contribution is -2.53. The van der Waals surface area contributed by atoms with Gasteiger partial charge in [0.2, 0.25) is 0 Å². The van der Waals surface area contributed by atoms with E-state index >= 15 is 0 Å². The highest BCUT2D eigenvalue weighted by molar-refractivity contribution is 7.22. The fourth-order valence-corrected chi connectivity index (χ4v) is 5.66. The summed E-state index contributed by atoms with van der Waals surface area (Å²) in [4.78, 5) is 16.9. The van der Waals surface area contributed by atoms with Gasteiger partial charge in [-0.1, -0.05) is 6.92 Å². The second-order valence-corrected chi connectivity index (χ2v) is 9.89. The minimum absolute atomic E-state index is 0. The van der Waals surface area contributed by atoms with Gasteiger partial charge in [0, 0.05) is 39.2 Å². The molecule has 182 valence electrons. The SMILES string of the molecule is CCCN1CC(Oc2ccc(C(=O)c3c(-c4ccc(O)c(C)c4)sc4cc(O)ccc34)cc2)C1.Cl. The minimum atomic E-state index is -0.0815. The third-order valence-corrected chi connectivity index (χ3v) is 7.44. The molecule has 5 rings (SSSR count). The van der Waals surface area contributed by atoms with E-state index in [9.17, 15) is 15.0 Å². The van der Waals surface area contributed by atoms with Crippen molar-refractivity contribution in [1.82, 2.24) is 4.90 Å². The predicted molar refractivity (Wildman–Crippen MR) is 144 cm³/mol. The Morgan fingerprint density at radius 3 is 2.49 bits per heavy atom. The van der Waals surface area contributed by atoms with E-state index in [4.69, 9.17) is 4.74 Å². The van der Waals surface area contributed by atoms with Gasteiger partial charge in [-0.3, -0.25) is 9.69 Å². The lowest BCUT2D eigenvalue weighted by atomic mass is 9.97. The number of halogens is 1. The Balaban J connectivity index is 0.00000289. The summed E-state index contributed by atoms with van der Waals surface area (Å²) in [6.07, 6.45) is 1.34. The molecule has 0 amide bonds. The summed E-state index contributed by atoms with van der Waals surface area (Å²) in [7, 11) is 0. The van der Waals surface area contributed by atoms with E-state index in [1.807, 2.05) is 43.3 Å². The molecule has 1 saturated heterocycles. The summed E-state index contributed by atoms with van der Waals surface area (Å²) in [5.74, 6) is 1.07. The average molecular weight is 510 g/mol. The zero-order chi connectivity index (χ0) is 23.8. The molecule has 2 N–H and O–H groups in total. The Kier molecular flexibility index (Phi) is 7.36. The molecule has 35 heavy (non-hydrogen) atoms. The fourth-order valence-electron chi connectivity index (χ4n) is 4.43. The van der Waals surface area contributed by atoms with Gasteiger partial charge in [0.25, 0.3) is 0 Å². The first-order valence-corrected chi connectivity index (χ1v) is 12.3. The van der Waals surface area contributed by atoms with Crippen LogP contribution in [0.2, 0.25) is 0 Å². The van der Waals surface area contributed by atoms with Gasteiger partial charge < -0.3 is 14.9 Å². The van der Waals surface area contributed by atoms with E-state index in [1.165, 1.54) is 11.3 Å². The first-order valence-electron chi connectivity index (χ1n) is 11.5. The number of carbonyl (C=O) groups excluding carboxylic acids is 1. The van der Waals surface area contributed by atoms with Crippen molar-refractivity contribution >= 4 is 39.6 Å². The van der Waals surface area contributed by atoms with Crippen LogP contribution in [0.3, 0.4) is 0 Å². The molecule has 7 heteroatoms. The highest BCUT2D eigenvalue weighted by Gasteiger charge is 2.27. The molecule has 0 radical (unpaired) electrons. The Morgan fingerprint density at radius 2 is 1.80 bits per heavy atom. The monoisotopic (exact) mass is 509 g/mol. The Morgan fingerprint density at radius 1 is 1.06 bits per heavy atom. The number of carbonyl (C=O) groups is 1. The van der Waals surface area contributed by atoms with Crippen LogP contribution in [-0.2, 0) is 0 Å². The van der Waals surface area contributed by atoms with Crippen LogP contribution in [0.15, 0.2) is 60.7 Å². The van der Waals surface area contributed by atoms with Gasteiger partial charge in [-0.15, -0.1) is 23.7 Å². The van der Waals surface area contributed by atoms with Gasteiger partial charge >= 0.3 is 0 Å². The molecule has 0 bridgehead atoms. The van der Waals surface area contributed by atoms with Crippen molar-refractivity contribution in [3.8, 4) is 27.7 Å². The molecule has 1 aromatic heterocycles. The maximum Gasteiger partial charge on any atom is 0.195 e. The van der Waals surface area contributed by atoms with Gasteiger partial charge in [-0.25, -0.2) is 0 Å². The van der Waals surface area contributed by atoms with E-state index < -0.39 is 0 Å². The summed E-state index contributed by atoms with van der Waals surface area (Å²) in [6.45, 7) is 7.00. The molecular weight excluding hydrogens is 482 g/mol. The van der Waals surface area contributed by atoms with Crippen LogP contribution in [0.1, 0.15) is 34.8 Å². The normalized spacial score (nSPS) is 13.9. The van der Waals surface area contributed by atoms with E-state index in [2.05, 4.69) is 11.8 Å². The number of rotatable bonds is 7. The second kappa shape index (κ2) is 10.3. The van der Waals surface area contributed by atoms with Crippen molar-refractivity contribution in [3.05, 3.63) is 77.4 Å². The standard InChI is InChI=1S/C28H27NO4S.ClH/c1-3-12-29-15-22(16-29)33-21-8-4-18(5-9-21)27(32)26-23-10-7-20(30)14-25(23)34-28(26)19-6-11-24(31)17(2)13-19;/h4-11,13-14,22,30-31H,3,12,15-16H2,1-2H3;1H. The number of ether oxygens (including phenoxy) is 1. The largest absolute Gasteiger partial charge is 0.508 e. The quantitative estimate of drug-likeness (QED) is 0.281. The van der Waals surface area contributed by atoms with Gasteiger partial charge in [0.15, 0.2) is 5.78 Å². The van der Waals surface area contributed by atoms with Crippen molar-refractivity contribution in [3.63, 3.8) is 0 Å². The second-order valence-electron chi connectivity index (χ2n) is 8.84. The maximum atomic E-state index is 13.7. The number of ketones is 1. The lowest BCUT2D eigenvalue weighted by molar-refractivity contribution is 0.0202. The molecule has 0 aliphatic carbocycles. The molecule has 0 atom stereocenters. The van der Waals surface area contributed by atoms with E-state index in [-0.39, 0.29) is 35.8 Å². The number of hydrogen-bond acceptors (Lipinski definition) is 6. The van der Waals surface area contributed by atoms with Crippen LogP contribution in [0.4, 0.5) is 0 Å². The highest BCUT2D eigenvalue weighted by atomic mass is 35.5. The molecular formula is C28H28ClNO4S. The summed E-state index contributed by atoms with van der Waals surface area (Å²) < 4.78 is 6.89. The number of thiophene rings is 1. The Bertz CT molecular complexity index is 1360. The highest BCUT2D eigenvalue weighted by Crippen LogP contribution is 2.42. The number of hydrogen-bond donors (Lipinski definition) is 2. The smallest absolute Gasteiger partial charge is 0.195 e. The predicted octanol–water partition coefficient (Wildman–Crippen LogP) is 6.41. The number of phenols is 2. The zero-order valence-electron chi connectivity index (χ0n) is 19.7. The molecule has 1 fully saturated rings.